The summed E-state index contributed by atoms with van der Waals surface area (Å²) in [6, 6.07) is 17.8. The zero-order valence-corrected chi connectivity index (χ0v) is 16.7. The van der Waals surface area contributed by atoms with E-state index in [-0.39, 0.29) is 32.0 Å². The van der Waals surface area contributed by atoms with Crippen LogP contribution in [0.2, 0.25) is 0 Å². The zero-order valence-electron chi connectivity index (χ0n) is 16.7. The highest BCUT2D eigenvalue weighted by Crippen LogP contribution is 2.21. The van der Waals surface area contributed by atoms with Crippen LogP contribution in [0.15, 0.2) is 71.3 Å². The van der Waals surface area contributed by atoms with Gasteiger partial charge in [-0.2, -0.15) is 0 Å². The van der Waals surface area contributed by atoms with Crippen molar-refractivity contribution in [3.05, 3.63) is 78.1 Å². The number of hydrogen-bond donors (Lipinski definition) is 3. The Morgan fingerprint density at radius 2 is 1.71 bits per heavy atom. The molecule has 8 heteroatoms. The molecule has 160 valence electrons. The molecule has 0 aliphatic heterocycles. The molecule has 0 aliphatic carbocycles. The third kappa shape index (κ3) is 6.46. The number of carboxylic acid groups (broad SMARTS) is 1. The lowest BCUT2D eigenvalue weighted by Gasteiger charge is -2.12. The largest absolute Gasteiger partial charge is 0.483 e. The third-order valence-corrected chi connectivity index (χ3v) is 4.38. The van der Waals surface area contributed by atoms with Crippen molar-refractivity contribution >= 4 is 17.8 Å². The van der Waals surface area contributed by atoms with Gasteiger partial charge in [-0.1, -0.05) is 30.3 Å². The maximum atomic E-state index is 12.5. The quantitative estimate of drug-likeness (QED) is 0.462. The van der Waals surface area contributed by atoms with Crippen LogP contribution in [0.5, 0.6) is 5.75 Å². The number of benzene rings is 2. The Morgan fingerprint density at radius 3 is 2.42 bits per heavy atom. The van der Waals surface area contributed by atoms with Crippen LogP contribution in [0.3, 0.4) is 0 Å². The minimum Gasteiger partial charge on any atom is -0.483 e. The van der Waals surface area contributed by atoms with E-state index >= 15 is 0 Å². The van der Waals surface area contributed by atoms with E-state index < -0.39 is 11.9 Å². The first-order valence-corrected chi connectivity index (χ1v) is 9.64. The number of furan rings is 1. The molecule has 0 radical (unpaired) electrons. The molecule has 1 heterocycles. The van der Waals surface area contributed by atoms with Crippen LogP contribution < -0.4 is 15.4 Å². The minimum absolute atomic E-state index is 0.0357. The van der Waals surface area contributed by atoms with Crippen LogP contribution in [0, 0.1) is 0 Å². The number of carbonyl (C=O) groups excluding carboxylic acids is 2. The Labute approximate surface area is 178 Å². The summed E-state index contributed by atoms with van der Waals surface area (Å²) in [6.45, 7) is 0.00232. The monoisotopic (exact) mass is 422 g/mol. The van der Waals surface area contributed by atoms with Gasteiger partial charge in [-0.05, 0) is 30.3 Å². The fourth-order valence-electron chi connectivity index (χ4n) is 2.80. The van der Waals surface area contributed by atoms with Crippen LogP contribution in [0.4, 0.5) is 0 Å². The first-order valence-electron chi connectivity index (χ1n) is 9.64. The average Bonchev–Trinajstić information content (AvgIpc) is 3.31. The smallest absolute Gasteiger partial charge is 0.305 e. The molecule has 0 saturated heterocycles. The predicted octanol–water partition coefficient (Wildman–Crippen LogP) is 2.85. The van der Waals surface area contributed by atoms with E-state index in [0.29, 0.717) is 16.9 Å². The van der Waals surface area contributed by atoms with Crippen LogP contribution in [-0.2, 0) is 16.1 Å². The molecule has 2 amide bonds. The third-order valence-electron chi connectivity index (χ3n) is 4.38. The van der Waals surface area contributed by atoms with Crippen LogP contribution in [-0.4, -0.2) is 36.0 Å². The number of rotatable bonds is 10. The summed E-state index contributed by atoms with van der Waals surface area (Å²) >= 11 is 0. The van der Waals surface area contributed by atoms with Gasteiger partial charge < -0.3 is 24.9 Å². The van der Waals surface area contributed by atoms with Crippen molar-refractivity contribution in [3.8, 4) is 17.1 Å². The van der Waals surface area contributed by atoms with Crippen LogP contribution >= 0.6 is 0 Å². The number of carbonyl (C=O) groups is 3. The van der Waals surface area contributed by atoms with Crippen molar-refractivity contribution in [2.45, 2.75) is 13.0 Å². The Balaban J connectivity index is 1.52. The summed E-state index contributed by atoms with van der Waals surface area (Å²) in [5.74, 6) is -0.462. The van der Waals surface area contributed by atoms with Gasteiger partial charge >= 0.3 is 5.97 Å². The normalized spacial score (nSPS) is 10.3. The summed E-state index contributed by atoms with van der Waals surface area (Å²) in [6.07, 6.45) is 1.44. The molecule has 0 bridgehead atoms. The molecule has 0 spiro atoms. The van der Waals surface area contributed by atoms with Crippen molar-refractivity contribution in [3.63, 3.8) is 0 Å². The van der Waals surface area contributed by atoms with Crippen molar-refractivity contribution in [1.82, 2.24) is 10.6 Å². The second-order valence-corrected chi connectivity index (χ2v) is 6.63. The van der Waals surface area contributed by atoms with Crippen LogP contribution in [0.1, 0.15) is 22.3 Å². The summed E-state index contributed by atoms with van der Waals surface area (Å²) in [4.78, 5) is 34.7. The standard InChI is InChI=1S/C23H22N2O6/c26-21(24-12-11-22(27)28)15-31-20-5-2-1-4-18(20)14-25-23(29)17-9-7-16(8-10-17)19-6-3-13-30-19/h1-10,13H,11-12,14-15H2,(H,24,26)(H,25,29)(H,27,28). The molecule has 0 saturated carbocycles. The molecule has 1 aromatic heterocycles. The fourth-order valence-corrected chi connectivity index (χ4v) is 2.80. The minimum atomic E-state index is -0.988. The van der Waals surface area contributed by atoms with E-state index in [1.54, 1.807) is 48.7 Å². The highest BCUT2D eigenvalue weighted by molar-refractivity contribution is 5.94. The van der Waals surface area contributed by atoms with Gasteiger partial charge in [0.15, 0.2) is 6.61 Å². The second-order valence-electron chi connectivity index (χ2n) is 6.63. The molecular formula is C23H22N2O6. The summed E-state index contributed by atoms with van der Waals surface area (Å²) < 4.78 is 10.9. The van der Waals surface area contributed by atoms with Gasteiger partial charge in [-0.3, -0.25) is 14.4 Å². The number of para-hydroxylation sites is 1. The average molecular weight is 422 g/mol. The summed E-state index contributed by atoms with van der Waals surface area (Å²) in [5, 5.41) is 13.9. The van der Waals surface area contributed by atoms with E-state index in [1.165, 1.54) is 0 Å². The molecule has 31 heavy (non-hydrogen) atoms. The number of amides is 2. The van der Waals surface area contributed by atoms with E-state index in [9.17, 15) is 14.4 Å². The summed E-state index contributed by atoms with van der Waals surface area (Å²) in [5.41, 5.74) is 2.09. The van der Waals surface area contributed by atoms with Crippen LogP contribution in [0.25, 0.3) is 11.3 Å². The second kappa shape index (κ2) is 10.6. The number of hydrogen-bond acceptors (Lipinski definition) is 5. The fraction of sp³-hybridized carbons (Fsp3) is 0.174. The Hall–Kier alpha value is -4.07. The number of aliphatic carboxylic acids is 1. The lowest BCUT2D eigenvalue weighted by atomic mass is 10.1. The van der Waals surface area contributed by atoms with Gasteiger partial charge in [0, 0.05) is 29.8 Å². The van der Waals surface area contributed by atoms with Crippen molar-refractivity contribution < 1.29 is 28.6 Å². The van der Waals surface area contributed by atoms with E-state index in [4.69, 9.17) is 14.3 Å². The van der Waals surface area contributed by atoms with Gasteiger partial charge in [0.2, 0.25) is 0 Å². The Bertz CT molecular complexity index is 1030. The molecule has 8 nitrogen and oxygen atoms in total. The molecular weight excluding hydrogens is 400 g/mol. The molecule has 0 fully saturated rings. The van der Waals surface area contributed by atoms with Gasteiger partial charge in [-0.25, -0.2) is 0 Å². The Morgan fingerprint density at radius 1 is 0.935 bits per heavy atom. The Kier molecular flexibility index (Phi) is 7.42. The van der Waals surface area contributed by atoms with Gasteiger partial charge in [0.05, 0.1) is 12.7 Å². The first kappa shape index (κ1) is 21.6. The molecule has 0 aliphatic rings. The molecule has 3 rings (SSSR count). The number of ether oxygens (including phenoxy) is 1. The van der Waals surface area contributed by atoms with Crippen molar-refractivity contribution in [2.75, 3.05) is 13.2 Å². The highest BCUT2D eigenvalue weighted by Gasteiger charge is 2.10. The van der Waals surface area contributed by atoms with Gasteiger partial charge in [0.1, 0.15) is 11.5 Å². The van der Waals surface area contributed by atoms with E-state index in [2.05, 4.69) is 10.6 Å². The number of nitrogens with one attached hydrogen (secondary N) is 2. The van der Waals surface area contributed by atoms with Crippen molar-refractivity contribution in [1.29, 1.82) is 0 Å². The molecule has 2 aromatic carbocycles. The van der Waals surface area contributed by atoms with E-state index in [1.807, 2.05) is 18.2 Å². The topological polar surface area (TPSA) is 118 Å². The maximum Gasteiger partial charge on any atom is 0.305 e. The number of carboxylic acids is 1. The molecule has 0 unspecified atom stereocenters. The zero-order chi connectivity index (χ0) is 22.1. The SMILES string of the molecule is O=C(O)CCNC(=O)COc1ccccc1CNC(=O)c1ccc(-c2ccco2)cc1. The lowest BCUT2D eigenvalue weighted by molar-refractivity contribution is -0.137. The highest BCUT2D eigenvalue weighted by atomic mass is 16.5. The molecule has 3 N–H and O–H groups in total. The summed E-state index contributed by atoms with van der Waals surface area (Å²) in [7, 11) is 0. The molecule has 0 atom stereocenters. The predicted molar refractivity (Wildman–Crippen MR) is 113 cm³/mol. The van der Waals surface area contributed by atoms with Gasteiger partial charge in [0.25, 0.3) is 11.8 Å². The molecule has 3 aromatic rings. The van der Waals surface area contributed by atoms with Gasteiger partial charge in [-0.15, -0.1) is 0 Å². The maximum absolute atomic E-state index is 12.5. The van der Waals surface area contributed by atoms with E-state index in [0.717, 1.165) is 11.3 Å². The lowest BCUT2D eigenvalue weighted by Crippen LogP contribution is -2.31. The first-order chi connectivity index (χ1) is 15.0. The van der Waals surface area contributed by atoms with Crippen molar-refractivity contribution in [2.24, 2.45) is 0 Å².